The van der Waals surface area contributed by atoms with Crippen LogP contribution in [0.5, 0.6) is 5.75 Å². The summed E-state index contributed by atoms with van der Waals surface area (Å²) in [6.45, 7) is 9.50. The van der Waals surface area contributed by atoms with Crippen molar-refractivity contribution in [1.82, 2.24) is 10.2 Å². The van der Waals surface area contributed by atoms with Crippen LogP contribution in [0.15, 0.2) is 23.2 Å². The highest BCUT2D eigenvalue weighted by Crippen LogP contribution is 2.38. The first-order valence-corrected chi connectivity index (χ1v) is 8.91. The molecule has 2 fully saturated rings. The maximum absolute atomic E-state index is 5.62. The highest BCUT2D eigenvalue weighted by atomic mass is 127. The molecule has 1 N–H and O–H groups in total. The molecule has 3 rings (SSSR count). The van der Waals surface area contributed by atoms with Crippen molar-refractivity contribution < 1.29 is 9.47 Å². The van der Waals surface area contributed by atoms with E-state index in [-0.39, 0.29) is 24.0 Å². The molecule has 2 saturated heterocycles. The third kappa shape index (κ3) is 4.78. The smallest absolute Gasteiger partial charge is 0.193 e. The fourth-order valence-corrected chi connectivity index (χ4v) is 3.74. The summed E-state index contributed by atoms with van der Waals surface area (Å²) in [4.78, 5) is 6.85. The molecular formula is C19H30IN3O2. The van der Waals surface area contributed by atoms with E-state index in [0.29, 0.717) is 12.0 Å². The van der Waals surface area contributed by atoms with Crippen LogP contribution in [0.1, 0.15) is 30.9 Å². The number of nitrogens with zero attached hydrogens (tertiary/aromatic N) is 2. The van der Waals surface area contributed by atoms with Crippen LogP contribution < -0.4 is 10.1 Å². The minimum Gasteiger partial charge on any atom is -0.494 e. The lowest BCUT2D eigenvalue weighted by molar-refractivity contribution is 0.156. The molecule has 1 unspecified atom stereocenters. The predicted molar refractivity (Wildman–Crippen MR) is 112 cm³/mol. The number of benzene rings is 1. The van der Waals surface area contributed by atoms with E-state index in [1.54, 1.807) is 0 Å². The van der Waals surface area contributed by atoms with Crippen molar-refractivity contribution in [2.45, 2.75) is 33.2 Å². The minimum atomic E-state index is 0. The largest absolute Gasteiger partial charge is 0.494 e. The number of hydrogen-bond donors (Lipinski definition) is 1. The summed E-state index contributed by atoms with van der Waals surface area (Å²) in [6, 6.07) is 6.36. The van der Waals surface area contributed by atoms with Crippen molar-refractivity contribution >= 4 is 29.9 Å². The van der Waals surface area contributed by atoms with Gasteiger partial charge in [0.05, 0.1) is 13.2 Å². The van der Waals surface area contributed by atoms with Crippen molar-refractivity contribution in [2.75, 3.05) is 40.0 Å². The summed E-state index contributed by atoms with van der Waals surface area (Å²) >= 11 is 0. The van der Waals surface area contributed by atoms with E-state index >= 15 is 0 Å². The van der Waals surface area contributed by atoms with Crippen LogP contribution in [0, 0.1) is 12.3 Å². The van der Waals surface area contributed by atoms with Gasteiger partial charge in [0.2, 0.25) is 0 Å². The number of halogens is 1. The van der Waals surface area contributed by atoms with Gasteiger partial charge in [0.25, 0.3) is 0 Å². The quantitative estimate of drug-likeness (QED) is 0.427. The summed E-state index contributed by atoms with van der Waals surface area (Å²) in [5, 5.41) is 3.51. The Balaban J connectivity index is 0.00000225. The van der Waals surface area contributed by atoms with E-state index < -0.39 is 0 Å². The number of ether oxygens (including phenoxy) is 2. The fraction of sp³-hybridized carbons (Fsp3) is 0.632. The van der Waals surface area contributed by atoms with Crippen molar-refractivity contribution in [3.63, 3.8) is 0 Å². The summed E-state index contributed by atoms with van der Waals surface area (Å²) in [5.41, 5.74) is 2.78. The van der Waals surface area contributed by atoms with E-state index in [4.69, 9.17) is 9.47 Å². The zero-order valence-corrected chi connectivity index (χ0v) is 17.8. The second-order valence-corrected chi connectivity index (χ2v) is 6.91. The molecule has 140 valence electrons. The lowest BCUT2D eigenvalue weighted by Gasteiger charge is -2.25. The summed E-state index contributed by atoms with van der Waals surface area (Å²) in [5.74, 6) is 1.96. The second kappa shape index (κ2) is 9.07. The van der Waals surface area contributed by atoms with Gasteiger partial charge in [-0.05, 0) is 43.9 Å². The number of nitrogens with one attached hydrogen (secondary N) is 1. The van der Waals surface area contributed by atoms with E-state index in [0.717, 1.165) is 44.6 Å². The molecule has 5 nitrogen and oxygen atoms in total. The average Bonchev–Trinajstić information content (AvgIpc) is 3.21. The second-order valence-electron chi connectivity index (χ2n) is 6.91. The van der Waals surface area contributed by atoms with Crippen LogP contribution in [-0.2, 0) is 11.3 Å². The van der Waals surface area contributed by atoms with Gasteiger partial charge in [-0.2, -0.15) is 0 Å². The van der Waals surface area contributed by atoms with Crippen LogP contribution in [0.3, 0.4) is 0 Å². The van der Waals surface area contributed by atoms with E-state index in [1.807, 2.05) is 14.0 Å². The zero-order valence-electron chi connectivity index (χ0n) is 15.5. The highest BCUT2D eigenvalue weighted by molar-refractivity contribution is 14.0. The van der Waals surface area contributed by atoms with E-state index in [1.165, 1.54) is 24.0 Å². The third-order valence-corrected chi connectivity index (χ3v) is 5.12. The molecule has 1 spiro atoms. The fourth-order valence-electron chi connectivity index (χ4n) is 3.74. The molecule has 0 bridgehead atoms. The first kappa shape index (κ1) is 20.3. The number of guanidine groups is 1. The molecule has 1 atom stereocenters. The molecule has 0 radical (unpaired) electrons. The van der Waals surface area contributed by atoms with Crippen LogP contribution in [0.25, 0.3) is 0 Å². The molecule has 2 aliphatic heterocycles. The molecule has 1 aromatic carbocycles. The van der Waals surface area contributed by atoms with Crippen molar-refractivity contribution in [1.29, 1.82) is 0 Å². The Labute approximate surface area is 168 Å². The zero-order chi connectivity index (χ0) is 17.0. The molecule has 1 aromatic rings. The van der Waals surface area contributed by atoms with Gasteiger partial charge in [-0.3, -0.25) is 4.99 Å². The van der Waals surface area contributed by atoms with Crippen LogP contribution in [0.2, 0.25) is 0 Å². The van der Waals surface area contributed by atoms with Gasteiger partial charge < -0.3 is 19.7 Å². The Kier molecular flexibility index (Phi) is 7.37. The molecule has 2 heterocycles. The number of aliphatic imine (C=N–C) groups is 1. The molecule has 0 saturated carbocycles. The normalized spacial score (nSPS) is 23.0. The first-order valence-electron chi connectivity index (χ1n) is 8.91. The molecule has 25 heavy (non-hydrogen) atoms. The molecule has 6 heteroatoms. The monoisotopic (exact) mass is 459 g/mol. The molecular weight excluding hydrogens is 429 g/mol. The lowest BCUT2D eigenvalue weighted by Crippen LogP contribution is -2.41. The van der Waals surface area contributed by atoms with Gasteiger partial charge in [0, 0.05) is 38.7 Å². The lowest BCUT2D eigenvalue weighted by atomic mass is 9.87. The molecule has 0 amide bonds. The summed E-state index contributed by atoms with van der Waals surface area (Å²) < 4.78 is 11.2. The predicted octanol–water partition coefficient (Wildman–Crippen LogP) is 3.20. The van der Waals surface area contributed by atoms with E-state index in [2.05, 4.69) is 40.3 Å². The van der Waals surface area contributed by atoms with Gasteiger partial charge in [-0.1, -0.05) is 12.1 Å². The number of rotatable bonds is 4. The van der Waals surface area contributed by atoms with Gasteiger partial charge >= 0.3 is 0 Å². The van der Waals surface area contributed by atoms with Gasteiger partial charge in [0.15, 0.2) is 5.96 Å². The SMILES string of the molecule is CCOc1ccc(CNC(=NC)N2CCC3(CCOC3)C2)cc1C.I. The van der Waals surface area contributed by atoms with Gasteiger partial charge in [0.1, 0.15) is 5.75 Å². The van der Waals surface area contributed by atoms with Crippen LogP contribution in [0.4, 0.5) is 0 Å². The summed E-state index contributed by atoms with van der Waals surface area (Å²) in [7, 11) is 1.86. The highest BCUT2D eigenvalue weighted by Gasteiger charge is 2.42. The maximum atomic E-state index is 5.62. The van der Waals surface area contributed by atoms with Crippen LogP contribution >= 0.6 is 24.0 Å². The molecule has 0 aromatic heterocycles. The third-order valence-electron chi connectivity index (χ3n) is 5.12. The Bertz CT molecular complexity index is 600. The standard InChI is InChI=1S/C19H29N3O2.HI/c1-4-24-17-6-5-16(11-15(17)2)12-21-18(20-3)22-9-7-19(13-22)8-10-23-14-19;/h5-6,11H,4,7-10,12-14H2,1-3H3,(H,20,21);1H. The number of aryl methyl sites for hydroxylation is 1. The Morgan fingerprint density at radius 2 is 2.24 bits per heavy atom. The topological polar surface area (TPSA) is 46.1 Å². The van der Waals surface area contributed by atoms with Crippen molar-refractivity contribution in [3.05, 3.63) is 29.3 Å². The number of hydrogen-bond acceptors (Lipinski definition) is 3. The Hall–Kier alpha value is -1.02. The van der Waals surface area contributed by atoms with Crippen molar-refractivity contribution in [3.8, 4) is 5.75 Å². The minimum absolute atomic E-state index is 0. The van der Waals surface area contributed by atoms with Gasteiger partial charge in [-0.25, -0.2) is 0 Å². The van der Waals surface area contributed by atoms with Crippen molar-refractivity contribution in [2.24, 2.45) is 10.4 Å². The van der Waals surface area contributed by atoms with Crippen LogP contribution in [-0.4, -0.2) is 50.8 Å². The van der Waals surface area contributed by atoms with Gasteiger partial charge in [-0.15, -0.1) is 24.0 Å². The Morgan fingerprint density at radius 1 is 1.40 bits per heavy atom. The molecule has 0 aliphatic carbocycles. The summed E-state index contributed by atoms with van der Waals surface area (Å²) in [6.07, 6.45) is 2.38. The average molecular weight is 459 g/mol. The first-order chi connectivity index (χ1) is 11.7. The molecule has 2 aliphatic rings. The Morgan fingerprint density at radius 3 is 2.88 bits per heavy atom. The number of likely N-dealkylation sites (tertiary alicyclic amines) is 1. The maximum Gasteiger partial charge on any atom is 0.193 e. The van der Waals surface area contributed by atoms with E-state index in [9.17, 15) is 0 Å².